The second-order valence-electron chi connectivity index (χ2n) is 2.96. The molecule has 0 saturated heterocycles. The second-order valence-corrected chi connectivity index (χ2v) is 2.96. The van der Waals surface area contributed by atoms with Crippen molar-refractivity contribution in [2.75, 3.05) is 0 Å². The van der Waals surface area contributed by atoms with E-state index < -0.39 is 23.6 Å². The Hall–Kier alpha value is -0.610. The summed E-state index contributed by atoms with van der Waals surface area (Å²) < 4.78 is 0. The van der Waals surface area contributed by atoms with E-state index in [4.69, 9.17) is 10.2 Å². The lowest BCUT2D eigenvalue weighted by Crippen LogP contribution is -2.52. The zero-order valence-electron chi connectivity index (χ0n) is 6.90. The van der Waals surface area contributed by atoms with Crippen molar-refractivity contribution in [2.45, 2.75) is 32.5 Å². The number of hydrogen-bond donors (Lipinski definition) is 3. The minimum absolute atomic E-state index is 0.514. The molecule has 0 heterocycles. The monoisotopic (exact) mass is 162 g/mol. The molecule has 3 N–H and O–H groups in total. The van der Waals surface area contributed by atoms with E-state index in [-0.39, 0.29) is 0 Å². The lowest BCUT2D eigenvalue weighted by Gasteiger charge is -2.29. The molecule has 0 amide bonds. The number of aliphatic hydroxyl groups excluding tert-OH is 1. The summed E-state index contributed by atoms with van der Waals surface area (Å²) in [6, 6.07) is 0. The van der Waals surface area contributed by atoms with E-state index in [2.05, 4.69) is 0 Å². The maximum Gasteiger partial charge on any atom is 0.338 e. The van der Waals surface area contributed by atoms with Crippen molar-refractivity contribution in [3.05, 3.63) is 0 Å². The summed E-state index contributed by atoms with van der Waals surface area (Å²) in [5, 5.41) is 26.9. The summed E-state index contributed by atoms with van der Waals surface area (Å²) in [5.41, 5.74) is -2.03. The molecule has 0 aromatic carbocycles. The van der Waals surface area contributed by atoms with Gasteiger partial charge in [-0.3, -0.25) is 0 Å². The Labute approximate surface area is 65.5 Å². The Morgan fingerprint density at radius 2 is 1.73 bits per heavy atom. The second kappa shape index (κ2) is 3.19. The molecule has 0 spiro atoms. The fourth-order valence-corrected chi connectivity index (χ4v) is 0.908. The van der Waals surface area contributed by atoms with Crippen molar-refractivity contribution in [3.63, 3.8) is 0 Å². The quantitative estimate of drug-likeness (QED) is 0.538. The van der Waals surface area contributed by atoms with Crippen LogP contribution in [0.15, 0.2) is 0 Å². The average molecular weight is 162 g/mol. The Bertz CT molecular complexity index is 143. The summed E-state index contributed by atoms with van der Waals surface area (Å²) in [4.78, 5) is 10.5. The SMILES string of the molecule is CC(C)[C@](O)(C(=O)O)[C@H](C)O. The number of carbonyl (C=O) groups is 1. The summed E-state index contributed by atoms with van der Waals surface area (Å²) in [6.07, 6.45) is -1.26. The normalized spacial score (nSPS) is 19.5. The molecule has 0 unspecified atom stereocenters. The lowest BCUT2D eigenvalue weighted by molar-refractivity contribution is -0.177. The van der Waals surface area contributed by atoms with Gasteiger partial charge in [0.25, 0.3) is 0 Å². The van der Waals surface area contributed by atoms with E-state index in [1.165, 1.54) is 6.92 Å². The highest BCUT2D eigenvalue weighted by Crippen LogP contribution is 2.21. The number of rotatable bonds is 3. The van der Waals surface area contributed by atoms with Crippen LogP contribution < -0.4 is 0 Å². The Balaban J connectivity index is 4.67. The molecule has 0 saturated carbocycles. The number of carboxylic acids is 1. The van der Waals surface area contributed by atoms with Gasteiger partial charge in [-0.2, -0.15) is 0 Å². The molecular formula is C7H14O4. The van der Waals surface area contributed by atoms with Gasteiger partial charge in [0.05, 0.1) is 6.10 Å². The maximum atomic E-state index is 10.5. The first-order valence-electron chi connectivity index (χ1n) is 3.47. The first-order chi connectivity index (χ1) is 4.83. The van der Waals surface area contributed by atoms with Crippen molar-refractivity contribution in [2.24, 2.45) is 5.92 Å². The fourth-order valence-electron chi connectivity index (χ4n) is 0.908. The van der Waals surface area contributed by atoms with Crippen LogP contribution in [0.4, 0.5) is 0 Å². The number of carboxylic acid groups (broad SMARTS) is 1. The van der Waals surface area contributed by atoms with Gasteiger partial charge in [0, 0.05) is 0 Å². The zero-order chi connectivity index (χ0) is 9.23. The fraction of sp³-hybridized carbons (Fsp3) is 0.857. The van der Waals surface area contributed by atoms with Crippen LogP contribution in [-0.2, 0) is 4.79 Å². The Kier molecular flexibility index (Phi) is 3.02. The summed E-state index contributed by atoms with van der Waals surface area (Å²) in [6.45, 7) is 4.34. The van der Waals surface area contributed by atoms with Gasteiger partial charge in [-0.05, 0) is 12.8 Å². The number of aliphatic hydroxyl groups is 2. The molecule has 66 valence electrons. The molecule has 0 aliphatic carbocycles. The van der Waals surface area contributed by atoms with Crippen molar-refractivity contribution >= 4 is 5.97 Å². The van der Waals surface area contributed by atoms with Gasteiger partial charge < -0.3 is 15.3 Å². The van der Waals surface area contributed by atoms with Gasteiger partial charge in [0.1, 0.15) is 0 Å². The molecule has 0 aromatic heterocycles. The van der Waals surface area contributed by atoms with Crippen LogP contribution >= 0.6 is 0 Å². The van der Waals surface area contributed by atoms with Crippen LogP contribution in [0.3, 0.4) is 0 Å². The van der Waals surface area contributed by atoms with Crippen molar-refractivity contribution in [1.82, 2.24) is 0 Å². The van der Waals surface area contributed by atoms with Crippen LogP contribution in [0.25, 0.3) is 0 Å². The molecule has 0 bridgehead atoms. The van der Waals surface area contributed by atoms with Gasteiger partial charge in [0.15, 0.2) is 5.60 Å². The van der Waals surface area contributed by atoms with Gasteiger partial charge >= 0.3 is 5.97 Å². The smallest absolute Gasteiger partial charge is 0.338 e. The minimum Gasteiger partial charge on any atom is -0.479 e. The van der Waals surface area contributed by atoms with E-state index in [1.54, 1.807) is 13.8 Å². The van der Waals surface area contributed by atoms with E-state index in [0.29, 0.717) is 0 Å². The molecule has 4 nitrogen and oxygen atoms in total. The highest BCUT2D eigenvalue weighted by molar-refractivity contribution is 5.78. The first-order valence-corrected chi connectivity index (χ1v) is 3.47. The third-order valence-electron chi connectivity index (χ3n) is 1.86. The maximum absolute atomic E-state index is 10.5. The Morgan fingerprint density at radius 3 is 1.73 bits per heavy atom. The molecule has 4 heteroatoms. The van der Waals surface area contributed by atoms with Gasteiger partial charge in [0.2, 0.25) is 0 Å². The number of hydrogen-bond acceptors (Lipinski definition) is 3. The van der Waals surface area contributed by atoms with Gasteiger partial charge in [-0.15, -0.1) is 0 Å². The van der Waals surface area contributed by atoms with Crippen LogP contribution in [-0.4, -0.2) is 33.0 Å². The van der Waals surface area contributed by atoms with Gasteiger partial charge in [-0.1, -0.05) is 13.8 Å². The minimum atomic E-state index is -2.03. The predicted octanol–water partition coefficient (Wildman–Crippen LogP) is -0.161. The van der Waals surface area contributed by atoms with Crippen LogP contribution in [0, 0.1) is 5.92 Å². The highest BCUT2D eigenvalue weighted by atomic mass is 16.4. The van der Waals surface area contributed by atoms with Gasteiger partial charge in [-0.25, -0.2) is 4.79 Å². The largest absolute Gasteiger partial charge is 0.479 e. The highest BCUT2D eigenvalue weighted by Gasteiger charge is 2.44. The van der Waals surface area contributed by atoms with Crippen LogP contribution in [0.5, 0.6) is 0 Å². The average Bonchev–Trinajstić information content (AvgIpc) is 1.84. The van der Waals surface area contributed by atoms with E-state index >= 15 is 0 Å². The Morgan fingerprint density at radius 1 is 1.36 bits per heavy atom. The molecule has 0 rings (SSSR count). The molecule has 11 heavy (non-hydrogen) atoms. The predicted molar refractivity (Wildman–Crippen MR) is 39.1 cm³/mol. The van der Waals surface area contributed by atoms with E-state index in [1.807, 2.05) is 0 Å². The summed E-state index contributed by atoms with van der Waals surface area (Å²) in [5.74, 6) is -1.90. The molecule has 0 aliphatic rings. The van der Waals surface area contributed by atoms with E-state index in [9.17, 15) is 9.90 Å². The topological polar surface area (TPSA) is 77.8 Å². The summed E-state index contributed by atoms with van der Waals surface area (Å²) >= 11 is 0. The molecule has 0 radical (unpaired) electrons. The van der Waals surface area contributed by atoms with Crippen molar-refractivity contribution < 1.29 is 20.1 Å². The molecule has 2 atom stereocenters. The lowest BCUT2D eigenvalue weighted by atomic mass is 9.86. The standard InChI is InChI=1S/C7H14O4/c1-4(2)7(11,5(3)8)6(9)10/h4-5,8,11H,1-3H3,(H,9,10)/t5-,7+/m0/s1. The third-order valence-corrected chi connectivity index (χ3v) is 1.86. The van der Waals surface area contributed by atoms with Crippen molar-refractivity contribution in [1.29, 1.82) is 0 Å². The molecule has 0 fully saturated rings. The molecule has 0 aliphatic heterocycles. The first kappa shape index (κ1) is 10.4. The third kappa shape index (κ3) is 1.70. The molecular weight excluding hydrogens is 148 g/mol. The zero-order valence-corrected chi connectivity index (χ0v) is 6.90. The number of aliphatic carboxylic acids is 1. The van der Waals surface area contributed by atoms with E-state index in [0.717, 1.165) is 0 Å². The molecule has 0 aromatic rings. The van der Waals surface area contributed by atoms with Crippen LogP contribution in [0.2, 0.25) is 0 Å². The van der Waals surface area contributed by atoms with Crippen LogP contribution in [0.1, 0.15) is 20.8 Å². The van der Waals surface area contributed by atoms with Crippen molar-refractivity contribution in [3.8, 4) is 0 Å². The summed E-state index contributed by atoms with van der Waals surface area (Å²) in [7, 11) is 0.